The predicted molar refractivity (Wildman–Crippen MR) is 167 cm³/mol. The first-order valence-electron chi connectivity index (χ1n) is 15.4. The van der Waals surface area contributed by atoms with E-state index in [0.29, 0.717) is 6.04 Å². The average molecular weight is 547 g/mol. The summed E-state index contributed by atoms with van der Waals surface area (Å²) in [6, 6.07) is 16.0. The third-order valence-electron chi connectivity index (χ3n) is 9.55. The summed E-state index contributed by atoms with van der Waals surface area (Å²) in [5.41, 5.74) is 5.06. The maximum atomic E-state index is 5.56. The number of piperidine rings is 1. The lowest BCUT2D eigenvalue weighted by molar-refractivity contribution is 0.115. The zero-order valence-electron chi connectivity index (χ0n) is 25.7. The minimum absolute atomic E-state index is 0.0146. The van der Waals surface area contributed by atoms with Gasteiger partial charge < -0.3 is 19.1 Å². The van der Waals surface area contributed by atoms with Gasteiger partial charge in [-0.1, -0.05) is 25.5 Å². The number of benzene rings is 2. The standard InChI is InChI=1S/C33H50N6O/c1-7-11-31(38-19-10-18-36(5)22-23-38)32-34-29-25-27(14-15-30(29)39(32)8-2)37-20-16-33(17-21-37,35(3)4)26-12-9-13-28(24-26)40-6/h9,12-15,24-25,31H,7-8,10-11,16-23H2,1-6H3. The third-order valence-corrected chi connectivity index (χ3v) is 9.55. The van der Waals surface area contributed by atoms with Crippen LogP contribution >= 0.6 is 0 Å². The Hall–Kier alpha value is -2.61. The minimum Gasteiger partial charge on any atom is -0.497 e. The molecule has 0 saturated carbocycles. The van der Waals surface area contributed by atoms with Gasteiger partial charge in [-0.3, -0.25) is 9.80 Å². The van der Waals surface area contributed by atoms with Gasteiger partial charge in [-0.2, -0.15) is 0 Å². The minimum atomic E-state index is 0.0146. The fourth-order valence-electron chi connectivity index (χ4n) is 7.09. The van der Waals surface area contributed by atoms with E-state index in [0.717, 1.165) is 69.8 Å². The van der Waals surface area contributed by atoms with E-state index in [1.165, 1.54) is 42.0 Å². The molecule has 0 bridgehead atoms. The fraction of sp³-hybridized carbons (Fsp3) is 0.606. The number of fused-ring (bicyclic) bond motifs is 1. The molecule has 5 rings (SSSR count). The van der Waals surface area contributed by atoms with Crippen LogP contribution in [0.5, 0.6) is 5.75 Å². The number of aryl methyl sites for hydroxylation is 1. The first kappa shape index (κ1) is 28.9. The van der Waals surface area contributed by atoms with E-state index in [1.807, 2.05) is 6.07 Å². The summed E-state index contributed by atoms with van der Waals surface area (Å²) in [5.74, 6) is 2.19. The molecule has 1 atom stereocenters. The molecule has 2 aliphatic heterocycles. The normalized spacial score (nSPS) is 19.7. The van der Waals surface area contributed by atoms with Gasteiger partial charge in [-0.25, -0.2) is 4.98 Å². The summed E-state index contributed by atoms with van der Waals surface area (Å²) < 4.78 is 8.04. The SMILES string of the molecule is CCCC(c1nc2cc(N3CCC(c4cccc(OC)c4)(N(C)C)CC3)ccc2n1CC)N1CCCN(C)CC1. The number of imidazole rings is 1. The summed E-state index contributed by atoms with van der Waals surface area (Å²) in [5, 5.41) is 0. The molecule has 2 aliphatic rings. The Balaban J connectivity index is 1.40. The second-order valence-corrected chi connectivity index (χ2v) is 12.0. The molecule has 1 unspecified atom stereocenters. The number of aromatic nitrogens is 2. The molecule has 0 amide bonds. The van der Waals surface area contributed by atoms with Crippen molar-refractivity contribution in [2.45, 2.75) is 64.1 Å². The highest BCUT2D eigenvalue weighted by molar-refractivity contribution is 5.80. The molecule has 3 heterocycles. The second-order valence-electron chi connectivity index (χ2n) is 12.0. The maximum absolute atomic E-state index is 5.56. The smallest absolute Gasteiger partial charge is 0.127 e. The molecule has 218 valence electrons. The Labute approximate surface area is 241 Å². The van der Waals surface area contributed by atoms with E-state index in [1.54, 1.807) is 7.11 Å². The van der Waals surface area contributed by atoms with Crippen LogP contribution in [0.4, 0.5) is 5.69 Å². The van der Waals surface area contributed by atoms with Crippen molar-refractivity contribution in [2.24, 2.45) is 0 Å². The number of likely N-dealkylation sites (N-methyl/N-ethyl adjacent to an activating group) is 1. The van der Waals surface area contributed by atoms with Crippen molar-refractivity contribution in [3.05, 3.63) is 53.9 Å². The number of rotatable bonds is 9. The first-order chi connectivity index (χ1) is 19.4. The third kappa shape index (κ3) is 5.61. The molecule has 3 aromatic rings. The molecule has 2 aromatic carbocycles. The highest BCUT2D eigenvalue weighted by Crippen LogP contribution is 2.40. The van der Waals surface area contributed by atoms with Crippen LogP contribution in [0.3, 0.4) is 0 Å². The molecule has 2 saturated heterocycles. The summed E-state index contributed by atoms with van der Waals surface area (Å²) in [7, 11) is 8.44. The van der Waals surface area contributed by atoms with E-state index in [4.69, 9.17) is 9.72 Å². The van der Waals surface area contributed by atoms with Crippen molar-refractivity contribution in [2.75, 3.05) is 72.4 Å². The van der Waals surface area contributed by atoms with E-state index in [9.17, 15) is 0 Å². The van der Waals surface area contributed by atoms with Gasteiger partial charge in [-0.15, -0.1) is 0 Å². The fourth-order valence-corrected chi connectivity index (χ4v) is 7.09. The number of ether oxygens (including phenoxy) is 1. The maximum Gasteiger partial charge on any atom is 0.127 e. The van der Waals surface area contributed by atoms with Gasteiger partial charge in [0.2, 0.25) is 0 Å². The Bertz CT molecular complexity index is 1260. The lowest BCUT2D eigenvalue weighted by Crippen LogP contribution is -2.50. The predicted octanol–water partition coefficient (Wildman–Crippen LogP) is 5.60. The van der Waals surface area contributed by atoms with Gasteiger partial charge >= 0.3 is 0 Å². The Morgan fingerprint density at radius 1 is 0.975 bits per heavy atom. The second kappa shape index (κ2) is 12.5. The van der Waals surface area contributed by atoms with E-state index >= 15 is 0 Å². The van der Waals surface area contributed by atoms with E-state index < -0.39 is 0 Å². The van der Waals surface area contributed by atoms with Crippen LogP contribution < -0.4 is 9.64 Å². The zero-order valence-corrected chi connectivity index (χ0v) is 25.7. The van der Waals surface area contributed by atoms with Gasteiger partial charge in [0.05, 0.1) is 24.2 Å². The largest absolute Gasteiger partial charge is 0.497 e. The summed E-state index contributed by atoms with van der Waals surface area (Å²) in [4.78, 5) is 15.5. The Morgan fingerprint density at radius 3 is 2.48 bits per heavy atom. The number of nitrogens with zero attached hydrogens (tertiary/aromatic N) is 6. The van der Waals surface area contributed by atoms with Crippen LogP contribution in [0.25, 0.3) is 11.0 Å². The number of hydrogen-bond donors (Lipinski definition) is 0. The van der Waals surface area contributed by atoms with Crippen molar-refractivity contribution in [3.8, 4) is 5.75 Å². The molecule has 2 fully saturated rings. The monoisotopic (exact) mass is 546 g/mol. The molecule has 7 nitrogen and oxygen atoms in total. The van der Waals surface area contributed by atoms with Crippen molar-refractivity contribution in [1.82, 2.24) is 24.3 Å². The molecule has 0 N–H and O–H groups in total. The number of hydrogen-bond acceptors (Lipinski definition) is 6. The average Bonchev–Trinajstić information content (AvgIpc) is 3.21. The molecular formula is C33H50N6O. The van der Waals surface area contributed by atoms with Gasteiger partial charge in [0.1, 0.15) is 11.6 Å². The van der Waals surface area contributed by atoms with E-state index in [-0.39, 0.29) is 5.54 Å². The van der Waals surface area contributed by atoms with Crippen LogP contribution in [0.2, 0.25) is 0 Å². The molecule has 0 aliphatic carbocycles. The van der Waals surface area contributed by atoms with Gasteiger partial charge in [0.15, 0.2) is 0 Å². The zero-order chi connectivity index (χ0) is 28.3. The lowest BCUT2D eigenvalue weighted by atomic mass is 9.79. The molecule has 7 heteroatoms. The molecular weight excluding hydrogens is 496 g/mol. The van der Waals surface area contributed by atoms with Crippen molar-refractivity contribution >= 4 is 16.7 Å². The Kier molecular flexibility index (Phi) is 9.03. The van der Waals surface area contributed by atoms with Crippen LogP contribution in [-0.2, 0) is 12.1 Å². The number of anilines is 1. The first-order valence-corrected chi connectivity index (χ1v) is 15.4. The molecule has 0 radical (unpaired) electrons. The molecule has 40 heavy (non-hydrogen) atoms. The Morgan fingerprint density at radius 2 is 1.77 bits per heavy atom. The van der Waals surface area contributed by atoms with Crippen LogP contribution in [-0.4, -0.2) is 91.8 Å². The van der Waals surface area contributed by atoms with Crippen LogP contribution in [0.15, 0.2) is 42.5 Å². The summed E-state index contributed by atoms with van der Waals surface area (Å²) >= 11 is 0. The van der Waals surface area contributed by atoms with Crippen molar-refractivity contribution in [3.63, 3.8) is 0 Å². The summed E-state index contributed by atoms with van der Waals surface area (Å²) in [6.45, 7) is 12.2. The van der Waals surface area contributed by atoms with Gasteiger partial charge in [-0.05, 0) is 96.2 Å². The molecule has 1 aromatic heterocycles. The summed E-state index contributed by atoms with van der Waals surface area (Å²) in [6.07, 6.45) is 5.70. The van der Waals surface area contributed by atoms with Gasteiger partial charge in [0, 0.05) is 50.5 Å². The highest BCUT2D eigenvalue weighted by atomic mass is 16.5. The van der Waals surface area contributed by atoms with Crippen LogP contribution in [0, 0.1) is 0 Å². The highest BCUT2D eigenvalue weighted by Gasteiger charge is 2.38. The van der Waals surface area contributed by atoms with Crippen molar-refractivity contribution < 1.29 is 4.74 Å². The quantitative estimate of drug-likeness (QED) is 0.348. The topological polar surface area (TPSA) is 40.0 Å². The molecule has 0 spiro atoms. The number of methoxy groups -OCH3 is 1. The van der Waals surface area contributed by atoms with Crippen molar-refractivity contribution in [1.29, 1.82) is 0 Å². The van der Waals surface area contributed by atoms with Crippen LogP contribution in [0.1, 0.15) is 63.4 Å². The van der Waals surface area contributed by atoms with Gasteiger partial charge in [0.25, 0.3) is 0 Å². The lowest BCUT2D eigenvalue weighted by Gasteiger charge is -2.47. The van der Waals surface area contributed by atoms with E-state index in [2.05, 4.69) is 95.6 Å².